The maximum absolute atomic E-state index is 11.7. The summed E-state index contributed by atoms with van der Waals surface area (Å²) in [5, 5.41) is 7.47. The average molecular weight is 237 g/mol. The molecule has 1 aliphatic carbocycles. The smallest absolute Gasteiger partial charge is 0.341 e. The van der Waals surface area contributed by atoms with Gasteiger partial charge in [-0.25, -0.2) is 4.79 Å². The van der Waals surface area contributed by atoms with Gasteiger partial charge in [-0.1, -0.05) is 0 Å². The molecule has 2 rings (SSSR count). The number of carbonyl (C=O) groups excluding carboxylic acids is 1. The van der Waals surface area contributed by atoms with Crippen molar-refractivity contribution in [1.82, 2.24) is 15.1 Å². The van der Waals surface area contributed by atoms with Crippen LogP contribution in [-0.4, -0.2) is 28.9 Å². The van der Waals surface area contributed by atoms with E-state index < -0.39 is 0 Å². The van der Waals surface area contributed by atoms with E-state index in [1.165, 1.54) is 12.8 Å². The van der Waals surface area contributed by atoms with Crippen molar-refractivity contribution in [3.05, 3.63) is 17.5 Å². The van der Waals surface area contributed by atoms with Gasteiger partial charge >= 0.3 is 5.97 Å². The molecule has 0 aromatic carbocycles. The van der Waals surface area contributed by atoms with E-state index in [4.69, 9.17) is 4.74 Å². The summed E-state index contributed by atoms with van der Waals surface area (Å²) in [4.78, 5) is 11.7. The van der Waals surface area contributed by atoms with Crippen LogP contribution >= 0.6 is 0 Å². The van der Waals surface area contributed by atoms with Gasteiger partial charge in [0.2, 0.25) is 0 Å². The molecule has 0 aliphatic heterocycles. The van der Waals surface area contributed by atoms with E-state index >= 15 is 0 Å². The third kappa shape index (κ3) is 3.06. The summed E-state index contributed by atoms with van der Waals surface area (Å²) < 4.78 is 6.73. The number of nitrogens with one attached hydrogen (secondary N) is 1. The first kappa shape index (κ1) is 12.1. The predicted octanol–water partition coefficient (Wildman–Crippen LogP) is 1.10. The molecule has 94 valence electrons. The molecule has 0 atom stereocenters. The molecule has 0 amide bonds. The van der Waals surface area contributed by atoms with Gasteiger partial charge in [0.05, 0.1) is 18.5 Å². The zero-order chi connectivity index (χ0) is 12.3. The number of esters is 1. The zero-order valence-electron chi connectivity index (χ0n) is 10.4. The van der Waals surface area contributed by atoms with Crippen molar-refractivity contribution in [2.45, 2.75) is 26.3 Å². The van der Waals surface area contributed by atoms with Crippen LogP contribution in [0.25, 0.3) is 0 Å². The first-order valence-electron chi connectivity index (χ1n) is 6.11. The number of aryl methyl sites for hydroxylation is 1. The Bertz CT molecular complexity index is 396. The Kier molecular flexibility index (Phi) is 3.78. The number of nitrogens with zero attached hydrogens (tertiary/aromatic N) is 2. The SMILES string of the molecule is CCOC(=O)c1cnn(C)c1CNCC1CC1. The predicted molar refractivity (Wildman–Crippen MR) is 63.6 cm³/mol. The molecule has 5 heteroatoms. The Morgan fingerprint density at radius 2 is 2.41 bits per heavy atom. The standard InChI is InChI=1S/C12H19N3O2/c1-3-17-12(16)10-7-14-15(2)11(10)8-13-6-9-4-5-9/h7,9,13H,3-6,8H2,1-2H3. The fraction of sp³-hybridized carbons (Fsp3) is 0.667. The van der Waals surface area contributed by atoms with Crippen LogP contribution in [-0.2, 0) is 18.3 Å². The van der Waals surface area contributed by atoms with Crippen LogP contribution in [0.2, 0.25) is 0 Å². The molecule has 1 aliphatic rings. The van der Waals surface area contributed by atoms with Crippen LogP contribution in [0.5, 0.6) is 0 Å². The average Bonchev–Trinajstić information content (AvgIpc) is 3.04. The Balaban J connectivity index is 1.97. The monoisotopic (exact) mass is 237 g/mol. The van der Waals surface area contributed by atoms with Gasteiger partial charge < -0.3 is 10.1 Å². The maximum atomic E-state index is 11.7. The molecule has 0 spiro atoms. The number of carbonyl (C=O) groups is 1. The van der Waals surface area contributed by atoms with Gasteiger partial charge in [0.25, 0.3) is 0 Å². The Morgan fingerprint density at radius 1 is 1.65 bits per heavy atom. The largest absolute Gasteiger partial charge is 0.462 e. The third-order valence-corrected chi connectivity index (χ3v) is 2.98. The van der Waals surface area contributed by atoms with Crippen molar-refractivity contribution in [2.75, 3.05) is 13.2 Å². The molecule has 0 unspecified atom stereocenters. The summed E-state index contributed by atoms with van der Waals surface area (Å²) in [5.74, 6) is 0.540. The molecule has 1 fully saturated rings. The first-order valence-corrected chi connectivity index (χ1v) is 6.11. The van der Waals surface area contributed by atoms with Crippen LogP contribution in [0.3, 0.4) is 0 Å². The summed E-state index contributed by atoms with van der Waals surface area (Å²) in [5.41, 5.74) is 1.46. The molecule has 0 bridgehead atoms. The Labute approximate surface area is 101 Å². The highest BCUT2D eigenvalue weighted by Gasteiger charge is 2.21. The van der Waals surface area contributed by atoms with Gasteiger partial charge in [0, 0.05) is 13.6 Å². The van der Waals surface area contributed by atoms with Gasteiger partial charge in [0.1, 0.15) is 5.56 Å². The van der Waals surface area contributed by atoms with Gasteiger partial charge in [-0.05, 0) is 32.2 Å². The van der Waals surface area contributed by atoms with Crippen molar-refractivity contribution in [1.29, 1.82) is 0 Å². The lowest BCUT2D eigenvalue weighted by molar-refractivity contribution is 0.0524. The summed E-state index contributed by atoms with van der Waals surface area (Å²) in [6.45, 7) is 3.89. The number of ether oxygens (including phenoxy) is 1. The minimum Gasteiger partial charge on any atom is -0.462 e. The van der Waals surface area contributed by atoms with E-state index in [0.29, 0.717) is 18.7 Å². The summed E-state index contributed by atoms with van der Waals surface area (Å²) in [6, 6.07) is 0. The first-order chi connectivity index (χ1) is 8.22. The van der Waals surface area contributed by atoms with Crippen LogP contribution in [0.4, 0.5) is 0 Å². The van der Waals surface area contributed by atoms with Gasteiger partial charge in [-0.2, -0.15) is 5.10 Å². The Morgan fingerprint density at radius 3 is 3.06 bits per heavy atom. The van der Waals surface area contributed by atoms with Gasteiger partial charge in [-0.15, -0.1) is 0 Å². The number of rotatable bonds is 6. The molecule has 0 saturated heterocycles. The van der Waals surface area contributed by atoms with Crippen molar-refractivity contribution in [2.24, 2.45) is 13.0 Å². The highest BCUT2D eigenvalue weighted by Crippen LogP contribution is 2.27. The molecular formula is C12H19N3O2. The van der Waals surface area contributed by atoms with Crippen LogP contribution < -0.4 is 5.32 Å². The topological polar surface area (TPSA) is 56.1 Å². The highest BCUT2D eigenvalue weighted by atomic mass is 16.5. The zero-order valence-corrected chi connectivity index (χ0v) is 10.4. The van der Waals surface area contributed by atoms with Crippen molar-refractivity contribution < 1.29 is 9.53 Å². The fourth-order valence-corrected chi connectivity index (χ4v) is 1.77. The second-order valence-electron chi connectivity index (χ2n) is 4.42. The Hall–Kier alpha value is -1.36. The van der Waals surface area contributed by atoms with Gasteiger partial charge in [0.15, 0.2) is 0 Å². The van der Waals surface area contributed by atoms with E-state index in [2.05, 4.69) is 10.4 Å². The van der Waals surface area contributed by atoms with Crippen molar-refractivity contribution in [3.8, 4) is 0 Å². The summed E-state index contributed by atoms with van der Waals surface area (Å²) in [6.07, 6.45) is 4.22. The van der Waals surface area contributed by atoms with E-state index in [0.717, 1.165) is 18.2 Å². The quantitative estimate of drug-likeness (QED) is 0.753. The molecule has 0 radical (unpaired) electrons. The van der Waals surface area contributed by atoms with E-state index in [-0.39, 0.29) is 5.97 Å². The number of hydrogen-bond acceptors (Lipinski definition) is 4. The molecule has 1 N–H and O–H groups in total. The van der Waals surface area contributed by atoms with Crippen LogP contribution in [0, 0.1) is 5.92 Å². The minimum atomic E-state index is -0.288. The second kappa shape index (κ2) is 5.31. The van der Waals surface area contributed by atoms with Crippen LogP contribution in [0.15, 0.2) is 6.20 Å². The molecular weight excluding hydrogens is 218 g/mol. The van der Waals surface area contributed by atoms with Crippen molar-refractivity contribution >= 4 is 5.97 Å². The van der Waals surface area contributed by atoms with E-state index in [1.807, 2.05) is 7.05 Å². The lowest BCUT2D eigenvalue weighted by Gasteiger charge is -2.07. The minimum absolute atomic E-state index is 0.288. The molecule has 1 saturated carbocycles. The lowest BCUT2D eigenvalue weighted by atomic mass is 10.2. The third-order valence-electron chi connectivity index (χ3n) is 2.98. The van der Waals surface area contributed by atoms with Crippen molar-refractivity contribution in [3.63, 3.8) is 0 Å². The summed E-state index contributed by atoms with van der Waals surface area (Å²) in [7, 11) is 1.84. The number of hydrogen-bond donors (Lipinski definition) is 1. The van der Waals surface area contributed by atoms with E-state index in [9.17, 15) is 4.79 Å². The lowest BCUT2D eigenvalue weighted by Crippen LogP contribution is -2.20. The molecule has 1 aromatic rings. The van der Waals surface area contributed by atoms with Gasteiger partial charge in [-0.3, -0.25) is 4.68 Å². The normalized spacial score (nSPS) is 14.9. The summed E-state index contributed by atoms with van der Waals surface area (Å²) >= 11 is 0. The van der Waals surface area contributed by atoms with E-state index in [1.54, 1.807) is 17.8 Å². The fourth-order valence-electron chi connectivity index (χ4n) is 1.77. The second-order valence-corrected chi connectivity index (χ2v) is 4.42. The molecule has 5 nitrogen and oxygen atoms in total. The maximum Gasteiger partial charge on any atom is 0.341 e. The highest BCUT2D eigenvalue weighted by molar-refractivity contribution is 5.90. The molecule has 17 heavy (non-hydrogen) atoms. The van der Waals surface area contributed by atoms with Crippen LogP contribution in [0.1, 0.15) is 35.8 Å². The molecule has 1 heterocycles. The number of aromatic nitrogens is 2. The molecule has 1 aromatic heterocycles.